The van der Waals surface area contributed by atoms with Crippen molar-refractivity contribution in [3.05, 3.63) is 0 Å². The molecule has 3 fully saturated rings. The van der Waals surface area contributed by atoms with Crippen molar-refractivity contribution in [3.63, 3.8) is 0 Å². The van der Waals surface area contributed by atoms with Gasteiger partial charge in [0, 0.05) is 24.7 Å². The fourth-order valence-electron chi connectivity index (χ4n) is 5.65. The van der Waals surface area contributed by atoms with Crippen LogP contribution in [0.1, 0.15) is 57.8 Å². The van der Waals surface area contributed by atoms with E-state index in [1.807, 2.05) is 0 Å². The van der Waals surface area contributed by atoms with Crippen LogP contribution in [0.15, 0.2) is 0 Å². The largest absolute Gasteiger partial charge is 0.391 e. The normalized spacial score (nSPS) is 45.8. The van der Waals surface area contributed by atoms with E-state index in [0.29, 0.717) is 18.4 Å². The van der Waals surface area contributed by atoms with Gasteiger partial charge in [-0.05, 0) is 32.1 Å². The lowest BCUT2D eigenvalue weighted by molar-refractivity contribution is -1.00. The Morgan fingerprint density at radius 3 is 1.90 bits per heavy atom. The molecule has 3 rings (SSSR count). The molecule has 4 heteroatoms. The summed E-state index contributed by atoms with van der Waals surface area (Å²) in [5.41, 5.74) is -0.852. The Kier molecular flexibility index (Phi) is 3.95. The first-order valence-electron chi connectivity index (χ1n) is 8.53. The number of aliphatic hydroxyl groups is 1. The van der Waals surface area contributed by atoms with Crippen molar-refractivity contribution in [1.82, 2.24) is 0 Å². The molecule has 3 aliphatic rings. The second kappa shape index (κ2) is 5.59. The molecule has 1 saturated heterocycles. The molecule has 21 heavy (non-hydrogen) atoms. The van der Waals surface area contributed by atoms with Crippen molar-refractivity contribution in [1.29, 1.82) is 10.5 Å². The molecule has 0 spiro atoms. The van der Waals surface area contributed by atoms with E-state index in [1.165, 1.54) is 12.8 Å². The summed E-state index contributed by atoms with van der Waals surface area (Å²) in [5, 5.41) is 29.6. The number of piperidine rings is 1. The predicted molar refractivity (Wildman–Crippen MR) is 78.1 cm³/mol. The van der Waals surface area contributed by atoms with Crippen molar-refractivity contribution in [2.45, 2.75) is 68.9 Å². The highest BCUT2D eigenvalue weighted by atomic mass is 16.3. The second-order valence-corrected chi connectivity index (χ2v) is 7.24. The Hall–Kier alpha value is -1.10. The van der Waals surface area contributed by atoms with Gasteiger partial charge in [0.1, 0.15) is 18.7 Å². The minimum absolute atomic E-state index is 0.0711. The molecule has 1 aliphatic heterocycles. The zero-order valence-electron chi connectivity index (χ0n) is 12.8. The standard InChI is InChI=1S/C17H25N3O/c18-12-16-7-3-1-5-14(16)11-15-6-2-4-8-17(15,13-19)20(16)9-10-21/h14-15,21H,1-11H2/p+1/t14-,15+,16+,17-. The smallest absolute Gasteiger partial charge is 0.188 e. The highest BCUT2D eigenvalue weighted by Crippen LogP contribution is 2.46. The van der Waals surface area contributed by atoms with Crippen LogP contribution in [0.3, 0.4) is 0 Å². The summed E-state index contributed by atoms with van der Waals surface area (Å²) >= 11 is 0. The number of aliphatic hydroxyl groups excluding tert-OH is 1. The van der Waals surface area contributed by atoms with Crippen molar-refractivity contribution in [3.8, 4) is 12.1 Å². The van der Waals surface area contributed by atoms with Gasteiger partial charge in [-0.3, -0.25) is 4.90 Å². The number of nitrogens with zero attached hydrogens (tertiary/aromatic N) is 2. The van der Waals surface area contributed by atoms with Crippen LogP contribution in [0.25, 0.3) is 0 Å². The van der Waals surface area contributed by atoms with Gasteiger partial charge in [-0.2, -0.15) is 10.5 Å². The lowest BCUT2D eigenvalue weighted by atomic mass is 9.57. The van der Waals surface area contributed by atoms with Crippen LogP contribution in [-0.4, -0.2) is 29.3 Å². The maximum Gasteiger partial charge on any atom is 0.188 e. The minimum Gasteiger partial charge on any atom is -0.391 e. The number of nitrogens with one attached hydrogen (secondary N) is 1. The van der Waals surface area contributed by atoms with Crippen LogP contribution in [-0.2, 0) is 0 Å². The number of nitriles is 2. The average molecular weight is 288 g/mol. The van der Waals surface area contributed by atoms with Crippen LogP contribution in [0.2, 0.25) is 0 Å². The molecule has 0 bridgehead atoms. The molecule has 2 saturated carbocycles. The summed E-state index contributed by atoms with van der Waals surface area (Å²) in [6.07, 6.45) is 9.71. The Bertz CT molecular complexity index is 439. The topological polar surface area (TPSA) is 72.2 Å². The second-order valence-electron chi connectivity index (χ2n) is 7.24. The Balaban J connectivity index is 2.07. The summed E-state index contributed by atoms with van der Waals surface area (Å²) in [6, 6.07) is 5.29. The highest BCUT2D eigenvalue weighted by molar-refractivity contribution is 5.17. The molecule has 114 valence electrons. The molecular formula is C17H26N3O+. The molecule has 0 radical (unpaired) electrons. The van der Waals surface area contributed by atoms with Crippen molar-refractivity contribution in [2.24, 2.45) is 11.8 Å². The molecule has 1 unspecified atom stereocenters. The number of hydrogen-bond donors (Lipinski definition) is 2. The maximum atomic E-state index is 10.0. The van der Waals surface area contributed by atoms with E-state index < -0.39 is 11.1 Å². The van der Waals surface area contributed by atoms with Gasteiger partial charge in [0.05, 0.1) is 6.61 Å². The van der Waals surface area contributed by atoms with E-state index in [-0.39, 0.29) is 6.61 Å². The molecular weight excluding hydrogens is 262 g/mol. The van der Waals surface area contributed by atoms with Crippen molar-refractivity contribution >= 4 is 0 Å². The molecule has 1 heterocycles. The number of quaternary nitrogens is 1. The van der Waals surface area contributed by atoms with Gasteiger partial charge >= 0.3 is 0 Å². The lowest BCUT2D eigenvalue weighted by Gasteiger charge is -2.58. The summed E-state index contributed by atoms with van der Waals surface area (Å²) in [4.78, 5) is 1.11. The predicted octanol–water partition coefficient (Wildman–Crippen LogP) is 1.17. The summed E-state index contributed by atoms with van der Waals surface area (Å²) < 4.78 is 0. The third kappa shape index (κ3) is 2.00. The van der Waals surface area contributed by atoms with Gasteiger partial charge in [0.2, 0.25) is 0 Å². The van der Waals surface area contributed by atoms with Crippen LogP contribution in [0, 0.1) is 34.5 Å². The van der Waals surface area contributed by atoms with Crippen LogP contribution < -0.4 is 4.90 Å². The van der Waals surface area contributed by atoms with E-state index >= 15 is 0 Å². The Labute approximate surface area is 127 Å². The molecule has 0 aromatic rings. The fraction of sp³-hybridized carbons (Fsp3) is 0.882. The van der Waals surface area contributed by atoms with Crippen molar-refractivity contribution < 1.29 is 10.0 Å². The molecule has 2 aliphatic carbocycles. The SMILES string of the molecule is N#C[C@]12CCCC[C@H]1C[C@H]1CCCC[C@@]1(C#N)[NH+]2CCO. The first-order chi connectivity index (χ1) is 10.2. The van der Waals surface area contributed by atoms with Gasteiger partial charge in [0.25, 0.3) is 0 Å². The molecule has 4 nitrogen and oxygen atoms in total. The van der Waals surface area contributed by atoms with Gasteiger partial charge in [0.15, 0.2) is 11.1 Å². The molecule has 5 atom stereocenters. The summed E-state index contributed by atoms with van der Waals surface area (Å²) in [7, 11) is 0. The monoisotopic (exact) mass is 288 g/mol. The summed E-state index contributed by atoms with van der Waals surface area (Å²) in [6.45, 7) is 0.621. The van der Waals surface area contributed by atoms with Crippen LogP contribution in [0.4, 0.5) is 0 Å². The van der Waals surface area contributed by atoms with E-state index in [9.17, 15) is 15.6 Å². The number of likely N-dealkylation sites (tertiary alicyclic amines) is 1. The molecule has 0 aromatic heterocycles. The molecule has 2 N–H and O–H groups in total. The molecule has 0 amide bonds. The summed E-state index contributed by atoms with van der Waals surface area (Å²) in [5.74, 6) is 0.838. The van der Waals surface area contributed by atoms with Crippen LogP contribution >= 0.6 is 0 Å². The van der Waals surface area contributed by atoms with Gasteiger partial charge in [-0.1, -0.05) is 12.8 Å². The highest BCUT2D eigenvalue weighted by Gasteiger charge is 2.65. The minimum atomic E-state index is -0.426. The van der Waals surface area contributed by atoms with Gasteiger partial charge in [-0.25, -0.2) is 0 Å². The first kappa shape index (κ1) is 14.8. The van der Waals surface area contributed by atoms with E-state index in [4.69, 9.17) is 0 Å². The van der Waals surface area contributed by atoms with Gasteiger partial charge in [-0.15, -0.1) is 0 Å². The van der Waals surface area contributed by atoms with E-state index in [0.717, 1.165) is 49.8 Å². The third-order valence-electron chi connectivity index (χ3n) is 6.55. The average Bonchev–Trinajstić information content (AvgIpc) is 2.54. The quantitative estimate of drug-likeness (QED) is 0.801. The lowest BCUT2D eigenvalue weighted by Crippen LogP contribution is -3.30. The number of fused-ring (bicyclic) bond motifs is 2. The number of rotatable bonds is 2. The maximum absolute atomic E-state index is 10.0. The third-order valence-corrected chi connectivity index (χ3v) is 6.55. The Morgan fingerprint density at radius 1 is 0.952 bits per heavy atom. The number of hydrogen-bond acceptors (Lipinski definition) is 3. The Morgan fingerprint density at radius 2 is 1.48 bits per heavy atom. The zero-order valence-corrected chi connectivity index (χ0v) is 12.8. The zero-order chi connectivity index (χ0) is 14.9. The fourth-order valence-corrected chi connectivity index (χ4v) is 5.65. The van der Waals surface area contributed by atoms with E-state index in [1.54, 1.807) is 0 Å². The van der Waals surface area contributed by atoms with E-state index in [2.05, 4.69) is 12.1 Å². The molecule has 0 aromatic carbocycles. The van der Waals surface area contributed by atoms with Gasteiger partial charge < -0.3 is 5.11 Å². The first-order valence-corrected chi connectivity index (χ1v) is 8.53. The van der Waals surface area contributed by atoms with Crippen molar-refractivity contribution in [2.75, 3.05) is 13.2 Å². The van der Waals surface area contributed by atoms with Crippen LogP contribution in [0.5, 0.6) is 0 Å².